The number of fused-ring (bicyclic) bond motifs is 1. The number of nitrogens with one attached hydrogen (secondary N) is 2. The van der Waals surface area contributed by atoms with Crippen LogP contribution >= 0.6 is 0 Å². The largest absolute Gasteiger partial charge is 0.346 e. The Morgan fingerprint density at radius 1 is 0.800 bits per heavy atom. The molecule has 0 saturated carbocycles. The molecular formula is C33H40N2O5. The molecule has 0 radical (unpaired) electrons. The predicted molar refractivity (Wildman–Crippen MR) is 156 cm³/mol. The number of rotatable bonds is 14. The lowest BCUT2D eigenvalue weighted by Gasteiger charge is -2.22. The fourth-order valence-corrected chi connectivity index (χ4v) is 4.43. The van der Waals surface area contributed by atoms with Crippen LogP contribution in [0.5, 0.6) is 0 Å². The highest BCUT2D eigenvalue weighted by Gasteiger charge is 2.28. The highest BCUT2D eigenvalue weighted by atomic mass is 16.7. The van der Waals surface area contributed by atoms with Crippen LogP contribution in [0.4, 0.5) is 0 Å². The van der Waals surface area contributed by atoms with Gasteiger partial charge in [-0.25, -0.2) is 5.48 Å². The molecule has 0 unspecified atom stereocenters. The van der Waals surface area contributed by atoms with Gasteiger partial charge in [0.2, 0.25) is 11.8 Å². The molecule has 0 fully saturated rings. The molecule has 0 saturated heterocycles. The van der Waals surface area contributed by atoms with E-state index in [2.05, 4.69) is 10.8 Å². The molecule has 0 heterocycles. The molecule has 0 aliphatic rings. The summed E-state index contributed by atoms with van der Waals surface area (Å²) in [5, 5.41) is 4.97. The average Bonchev–Trinajstić information content (AvgIpc) is 2.93. The van der Waals surface area contributed by atoms with Gasteiger partial charge in [-0.3, -0.25) is 24.0 Å². The molecule has 40 heavy (non-hydrogen) atoms. The monoisotopic (exact) mass is 544 g/mol. The second-order valence-corrected chi connectivity index (χ2v) is 11.2. The third-order valence-electron chi connectivity index (χ3n) is 6.65. The zero-order valence-corrected chi connectivity index (χ0v) is 23.9. The Morgan fingerprint density at radius 2 is 1.48 bits per heavy atom. The number of Topliss-reactive ketones (excluding diaryl/α,β-unsaturated/α-hetero) is 2. The summed E-state index contributed by atoms with van der Waals surface area (Å²) in [6.45, 7) is 7.00. The molecule has 0 spiro atoms. The molecule has 7 heteroatoms. The van der Waals surface area contributed by atoms with Crippen LogP contribution in [-0.2, 0) is 36.9 Å². The van der Waals surface area contributed by atoms with Gasteiger partial charge >= 0.3 is 0 Å². The summed E-state index contributed by atoms with van der Waals surface area (Å²) in [4.78, 5) is 56.9. The van der Waals surface area contributed by atoms with Crippen molar-refractivity contribution in [2.75, 3.05) is 0 Å². The molecule has 7 nitrogen and oxygen atoms in total. The van der Waals surface area contributed by atoms with Crippen LogP contribution in [0, 0.1) is 5.92 Å². The number of carbonyl (C=O) groups excluding carboxylic acids is 4. The minimum atomic E-state index is -0.917. The Hall–Kier alpha value is -3.84. The fourth-order valence-electron chi connectivity index (χ4n) is 4.43. The number of amides is 2. The second-order valence-electron chi connectivity index (χ2n) is 11.2. The number of carbonyl (C=O) groups is 4. The van der Waals surface area contributed by atoms with Gasteiger partial charge in [-0.15, -0.1) is 0 Å². The van der Waals surface area contributed by atoms with E-state index in [1.165, 1.54) is 0 Å². The minimum Gasteiger partial charge on any atom is -0.346 e. The van der Waals surface area contributed by atoms with E-state index in [0.717, 1.165) is 21.9 Å². The van der Waals surface area contributed by atoms with Gasteiger partial charge in [0, 0.05) is 25.7 Å². The van der Waals surface area contributed by atoms with Crippen LogP contribution in [0.3, 0.4) is 0 Å². The van der Waals surface area contributed by atoms with Gasteiger partial charge < -0.3 is 5.32 Å². The summed E-state index contributed by atoms with van der Waals surface area (Å²) < 4.78 is 0. The molecule has 2 N–H and O–H groups in total. The number of ketones is 2. The molecule has 3 rings (SSSR count). The number of aryl methyl sites for hydroxylation is 2. The molecule has 3 aromatic rings. The summed E-state index contributed by atoms with van der Waals surface area (Å²) in [7, 11) is 0. The number of benzene rings is 3. The lowest BCUT2D eigenvalue weighted by atomic mass is 9.93. The first-order valence-electron chi connectivity index (χ1n) is 13.8. The van der Waals surface area contributed by atoms with E-state index in [1.807, 2.05) is 72.8 Å². The quantitative estimate of drug-likeness (QED) is 0.269. The molecule has 0 aliphatic heterocycles. The van der Waals surface area contributed by atoms with Crippen molar-refractivity contribution in [3.05, 3.63) is 83.9 Å². The lowest BCUT2D eigenvalue weighted by Crippen LogP contribution is -2.44. The Labute approximate surface area is 236 Å². The number of hydrogen-bond acceptors (Lipinski definition) is 5. The third kappa shape index (κ3) is 10.0. The van der Waals surface area contributed by atoms with Crippen molar-refractivity contribution < 1.29 is 24.0 Å². The summed E-state index contributed by atoms with van der Waals surface area (Å²) in [6, 6.07) is 22.9. The molecule has 2 amide bonds. The Balaban J connectivity index is 1.60. The van der Waals surface area contributed by atoms with E-state index in [0.29, 0.717) is 12.8 Å². The van der Waals surface area contributed by atoms with Gasteiger partial charge in [-0.2, -0.15) is 0 Å². The van der Waals surface area contributed by atoms with Crippen LogP contribution in [0.1, 0.15) is 64.5 Å². The predicted octanol–water partition coefficient (Wildman–Crippen LogP) is 5.29. The van der Waals surface area contributed by atoms with Crippen molar-refractivity contribution >= 4 is 34.2 Å². The van der Waals surface area contributed by atoms with Crippen molar-refractivity contribution in [3.63, 3.8) is 0 Å². The molecule has 2 atom stereocenters. The van der Waals surface area contributed by atoms with E-state index in [-0.39, 0.29) is 37.2 Å². The normalized spacial score (nSPS) is 12.9. The van der Waals surface area contributed by atoms with Gasteiger partial charge in [0.15, 0.2) is 5.78 Å². The van der Waals surface area contributed by atoms with Crippen molar-refractivity contribution in [1.29, 1.82) is 0 Å². The second kappa shape index (κ2) is 14.5. The van der Waals surface area contributed by atoms with Gasteiger partial charge in [-0.05, 0) is 62.4 Å². The number of hydroxylamine groups is 1. The van der Waals surface area contributed by atoms with Crippen LogP contribution < -0.4 is 10.8 Å². The first kappa shape index (κ1) is 30.7. The summed E-state index contributed by atoms with van der Waals surface area (Å²) in [5.41, 5.74) is 3.86. The summed E-state index contributed by atoms with van der Waals surface area (Å²) in [6.07, 6.45) is 1.29. The van der Waals surface area contributed by atoms with Crippen LogP contribution in [0.25, 0.3) is 10.8 Å². The van der Waals surface area contributed by atoms with Gasteiger partial charge in [0.05, 0.1) is 17.6 Å². The van der Waals surface area contributed by atoms with E-state index in [9.17, 15) is 19.2 Å². The molecule has 0 aromatic heterocycles. The first-order chi connectivity index (χ1) is 19.0. The summed E-state index contributed by atoms with van der Waals surface area (Å²) >= 11 is 0. The molecule has 3 aromatic carbocycles. The standard InChI is InChI=1S/C33H40N2O5/c1-23(30(37)20-18-26-15-10-14-25-13-8-9-16-29(25)26)34-32(39)27(22-31(38)35-40-33(2,3)4)21-28(36)19-17-24-11-6-5-7-12-24/h5-16,23,27H,17-22H2,1-4H3,(H,34,39)(H,35,38)/t23-,27-/m0/s1. The van der Waals surface area contributed by atoms with Gasteiger partial charge in [-0.1, -0.05) is 72.8 Å². The van der Waals surface area contributed by atoms with Crippen LogP contribution in [0.15, 0.2) is 72.8 Å². The molecule has 0 bridgehead atoms. The SMILES string of the molecule is C[C@H](NC(=O)[C@@H](CC(=O)CCc1ccccc1)CC(=O)NOC(C)(C)C)C(=O)CCc1cccc2ccccc12. The van der Waals surface area contributed by atoms with Crippen molar-refractivity contribution in [2.24, 2.45) is 5.92 Å². The maximum atomic E-state index is 13.2. The third-order valence-corrected chi connectivity index (χ3v) is 6.65. The van der Waals surface area contributed by atoms with Crippen molar-refractivity contribution in [3.8, 4) is 0 Å². The first-order valence-corrected chi connectivity index (χ1v) is 13.8. The number of hydrogen-bond donors (Lipinski definition) is 2. The molecular weight excluding hydrogens is 504 g/mol. The van der Waals surface area contributed by atoms with Crippen LogP contribution in [-0.4, -0.2) is 35.0 Å². The maximum Gasteiger partial charge on any atom is 0.244 e. The molecule has 212 valence electrons. The Morgan fingerprint density at radius 3 is 2.20 bits per heavy atom. The molecule has 0 aliphatic carbocycles. The highest BCUT2D eigenvalue weighted by Crippen LogP contribution is 2.20. The van der Waals surface area contributed by atoms with E-state index in [1.54, 1.807) is 27.7 Å². The zero-order chi connectivity index (χ0) is 29.1. The van der Waals surface area contributed by atoms with Crippen molar-refractivity contribution in [2.45, 2.75) is 77.9 Å². The minimum absolute atomic E-state index is 0.0987. The topological polar surface area (TPSA) is 102 Å². The fraction of sp³-hybridized carbons (Fsp3) is 0.394. The summed E-state index contributed by atoms with van der Waals surface area (Å²) in [5.74, 6) is -2.15. The van der Waals surface area contributed by atoms with E-state index in [4.69, 9.17) is 4.84 Å². The van der Waals surface area contributed by atoms with Gasteiger partial charge in [0.25, 0.3) is 0 Å². The Bertz CT molecular complexity index is 1310. The van der Waals surface area contributed by atoms with E-state index < -0.39 is 29.4 Å². The zero-order valence-electron chi connectivity index (χ0n) is 23.9. The van der Waals surface area contributed by atoms with Crippen molar-refractivity contribution in [1.82, 2.24) is 10.8 Å². The van der Waals surface area contributed by atoms with Crippen LogP contribution in [0.2, 0.25) is 0 Å². The average molecular weight is 545 g/mol. The lowest BCUT2D eigenvalue weighted by molar-refractivity contribution is -0.148. The van der Waals surface area contributed by atoms with Gasteiger partial charge in [0.1, 0.15) is 5.78 Å². The highest BCUT2D eigenvalue weighted by molar-refractivity contribution is 5.94. The maximum absolute atomic E-state index is 13.2. The Kier molecular flexibility index (Phi) is 11.1. The van der Waals surface area contributed by atoms with E-state index >= 15 is 0 Å². The smallest absolute Gasteiger partial charge is 0.244 e.